The predicted octanol–water partition coefficient (Wildman–Crippen LogP) is 6.04. The SMILES string of the molecule is CCCN(C1=C(O)CC(CCc2ccccc2)(CC(C)C)OC1=O)c1ccccc1. The van der Waals surface area contributed by atoms with Crippen LogP contribution >= 0.6 is 0 Å². The second-order valence-corrected chi connectivity index (χ2v) is 8.62. The van der Waals surface area contributed by atoms with E-state index in [2.05, 4.69) is 32.9 Å². The summed E-state index contributed by atoms with van der Waals surface area (Å²) in [7, 11) is 0. The molecule has 3 rings (SSSR count). The van der Waals surface area contributed by atoms with Crippen LogP contribution in [0.4, 0.5) is 5.69 Å². The Balaban J connectivity index is 1.90. The molecule has 1 heterocycles. The third-order valence-electron chi connectivity index (χ3n) is 5.54. The summed E-state index contributed by atoms with van der Waals surface area (Å²) in [5.74, 6) is 0.0609. The Hall–Kier alpha value is -2.75. The highest BCUT2D eigenvalue weighted by atomic mass is 16.6. The molecule has 1 aliphatic rings. The molecule has 0 spiro atoms. The minimum absolute atomic E-state index is 0.136. The van der Waals surface area contributed by atoms with Crippen LogP contribution in [0.25, 0.3) is 0 Å². The number of esters is 1. The zero-order valence-corrected chi connectivity index (χ0v) is 18.3. The number of hydrogen-bond acceptors (Lipinski definition) is 4. The van der Waals surface area contributed by atoms with Crippen molar-refractivity contribution in [1.29, 1.82) is 0 Å². The van der Waals surface area contributed by atoms with E-state index in [0.29, 0.717) is 25.3 Å². The number of ether oxygens (including phenoxy) is 1. The zero-order chi connectivity index (χ0) is 21.6. The molecule has 0 saturated heterocycles. The van der Waals surface area contributed by atoms with Crippen LogP contribution in [-0.2, 0) is 16.0 Å². The van der Waals surface area contributed by atoms with Crippen molar-refractivity contribution in [3.05, 3.63) is 77.7 Å². The van der Waals surface area contributed by atoms with Crippen molar-refractivity contribution in [2.75, 3.05) is 11.4 Å². The van der Waals surface area contributed by atoms with Crippen molar-refractivity contribution in [3.63, 3.8) is 0 Å². The molecule has 160 valence electrons. The van der Waals surface area contributed by atoms with Crippen molar-refractivity contribution in [2.45, 2.75) is 58.5 Å². The maximum absolute atomic E-state index is 13.2. The van der Waals surface area contributed by atoms with E-state index in [1.807, 2.05) is 53.4 Å². The van der Waals surface area contributed by atoms with Gasteiger partial charge in [-0.1, -0.05) is 69.3 Å². The van der Waals surface area contributed by atoms with Crippen molar-refractivity contribution in [1.82, 2.24) is 0 Å². The minimum atomic E-state index is -0.677. The molecule has 0 bridgehead atoms. The Morgan fingerprint density at radius 3 is 2.27 bits per heavy atom. The van der Waals surface area contributed by atoms with Gasteiger partial charge in [-0.25, -0.2) is 4.79 Å². The van der Waals surface area contributed by atoms with Gasteiger partial charge in [0.2, 0.25) is 0 Å². The van der Waals surface area contributed by atoms with Gasteiger partial charge in [-0.05, 0) is 49.3 Å². The molecule has 0 radical (unpaired) electrons. The Morgan fingerprint density at radius 2 is 1.70 bits per heavy atom. The molecular weight excluding hydrogens is 374 g/mol. The number of carbonyl (C=O) groups is 1. The number of anilines is 1. The second kappa shape index (κ2) is 9.84. The van der Waals surface area contributed by atoms with Gasteiger partial charge in [0.1, 0.15) is 11.4 Å². The van der Waals surface area contributed by atoms with Gasteiger partial charge in [-0.15, -0.1) is 0 Å². The Labute approximate surface area is 180 Å². The first kappa shape index (κ1) is 21.9. The quantitative estimate of drug-likeness (QED) is 0.515. The third kappa shape index (κ3) is 5.24. The van der Waals surface area contributed by atoms with Crippen LogP contribution in [0.3, 0.4) is 0 Å². The lowest BCUT2D eigenvalue weighted by Crippen LogP contribution is -2.45. The lowest BCUT2D eigenvalue weighted by Gasteiger charge is -2.40. The number of rotatable bonds is 9. The van der Waals surface area contributed by atoms with Crippen molar-refractivity contribution < 1.29 is 14.6 Å². The molecular formula is C26H33NO3. The average Bonchev–Trinajstić information content (AvgIpc) is 2.72. The fourth-order valence-electron chi connectivity index (χ4n) is 4.37. The van der Waals surface area contributed by atoms with Crippen LogP contribution in [0.2, 0.25) is 0 Å². The van der Waals surface area contributed by atoms with E-state index in [9.17, 15) is 9.90 Å². The van der Waals surface area contributed by atoms with E-state index in [0.717, 1.165) is 24.9 Å². The number of cyclic esters (lactones) is 1. The molecule has 2 aromatic carbocycles. The molecule has 0 saturated carbocycles. The molecule has 1 N–H and O–H groups in total. The zero-order valence-electron chi connectivity index (χ0n) is 18.3. The van der Waals surface area contributed by atoms with E-state index >= 15 is 0 Å². The highest BCUT2D eigenvalue weighted by molar-refractivity contribution is 5.94. The Kier molecular flexibility index (Phi) is 7.20. The van der Waals surface area contributed by atoms with Crippen molar-refractivity contribution in [3.8, 4) is 0 Å². The third-order valence-corrected chi connectivity index (χ3v) is 5.54. The van der Waals surface area contributed by atoms with Gasteiger partial charge >= 0.3 is 5.97 Å². The van der Waals surface area contributed by atoms with Gasteiger partial charge in [0.25, 0.3) is 0 Å². The molecule has 30 heavy (non-hydrogen) atoms. The largest absolute Gasteiger partial charge is 0.510 e. The van der Waals surface area contributed by atoms with Crippen LogP contribution in [0.15, 0.2) is 72.1 Å². The molecule has 1 atom stereocenters. The van der Waals surface area contributed by atoms with Crippen molar-refractivity contribution >= 4 is 11.7 Å². The van der Waals surface area contributed by atoms with Gasteiger partial charge in [0.15, 0.2) is 5.70 Å². The molecule has 1 aliphatic heterocycles. The standard InChI is InChI=1S/C26H33NO3/c1-4-17-27(22-13-9-6-10-14-22)24-23(28)19-26(18-20(2)3,30-25(24)29)16-15-21-11-7-5-8-12-21/h5-14,20,28H,4,15-19H2,1-3H3. The monoisotopic (exact) mass is 407 g/mol. The molecule has 0 amide bonds. The summed E-state index contributed by atoms with van der Waals surface area (Å²) < 4.78 is 6.14. The van der Waals surface area contributed by atoms with Crippen LogP contribution in [0.5, 0.6) is 0 Å². The van der Waals surface area contributed by atoms with Crippen LogP contribution in [0.1, 0.15) is 52.0 Å². The number of benzene rings is 2. The topological polar surface area (TPSA) is 49.8 Å². The minimum Gasteiger partial charge on any atom is -0.510 e. The number of nitrogens with zero attached hydrogens (tertiary/aromatic N) is 1. The molecule has 4 nitrogen and oxygen atoms in total. The van der Waals surface area contributed by atoms with E-state index in [-0.39, 0.29) is 11.5 Å². The van der Waals surface area contributed by atoms with Gasteiger partial charge < -0.3 is 14.7 Å². The molecule has 0 fully saturated rings. The smallest absolute Gasteiger partial charge is 0.359 e. The average molecular weight is 408 g/mol. The first-order valence-corrected chi connectivity index (χ1v) is 11.0. The summed E-state index contributed by atoms with van der Waals surface area (Å²) in [4.78, 5) is 15.1. The molecule has 0 aromatic heterocycles. The molecule has 2 aromatic rings. The van der Waals surface area contributed by atoms with Crippen molar-refractivity contribution in [2.24, 2.45) is 5.92 Å². The second-order valence-electron chi connectivity index (χ2n) is 8.62. The van der Waals surface area contributed by atoms with Crippen LogP contribution in [0, 0.1) is 5.92 Å². The van der Waals surface area contributed by atoms with E-state index in [1.54, 1.807) is 0 Å². The fourth-order valence-corrected chi connectivity index (χ4v) is 4.37. The van der Waals surface area contributed by atoms with E-state index in [1.165, 1.54) is 5.56 Å². The summed E-state index contributed by atoms with van der Waals surface area (Å²) in [6, 6.07) is 20.0. The fraction of sp³-hybridized carbons (Fsp3) is 0.423. The summed E-state index contributed by atoms with van der Waals surface area (Å²) in [5.41, 5.74) is 1.70. The highest BCUT2D eigenvalue weighted by Gasteiger charge is 2.43. The molecule has 0 aliphatic carbocycles. The summed E-state index contributed by atoms with van der Waals surface area (Å²) >= 11 is 0. The molecule has 1 unspecified atom stereocenters. The molecule has 4 heteroatoms. The lowest BCUT2D eigenvalue weighted by molar-refractivity contribution is -0.162. The number of aliphatic hydroxyl groups excluding tert-OH is 1. The number of aryl methyl sites for hydroxylation is 1. The maximum atomic E-state index is 13.2. The first-order chi connectivity index (χ1) is 14.4. The summed E-state index contributed by atoms with van der Waals surface area (Å²) in [6.07, 6.45) is 3.43. The Morgan fingerprint density at radius 1 is 1.07 bits per heavy atom. The number of para-hydroxylation sites is 1. The summed E-state index contributed by atoms with van der Waals surface area (Å²) in [5, 5.41) is 11.1. The highest BCUT2D eigenvalue weighted by Crippen LogP contribution is 2.39. The normalized spacial score (nSPS) is 19.1. The van der Waals surface area contributed by atoms with Gasteiger partial charge in [0.05, 0.1) is 0 Å². The van der Waals surface area contributed by atoms with E-state index < -0.39 is 11.6 Å². The lowest BCUT2D eigenvalue weighted by atomic mass is 9.82. The van der Waals surface area contributed by atoms with Gasteiger partial charge in [0, 0.05) is 18.7 Å². The number of carbonyl (C=O) groups excluding carboxylic acids is 1. The first-order valence-electron chi connectivity index (χ1n) is 11.0. The van der Waals surface area contributed by atoms with Gasteiger partial charge in [-0.2, -0.15) is 0 Å². The van der Waals surface area contributed by atoms with Crippen LogP contribution < -0.4 is 4.90 Å². The van der Waals surface area contributed by atoms with Crippen LogP contribution in [-0.4, -0.2) is 23.2 Å². The number of aliphatic hydroxyl groups is 1. The van der Waals surface area contributed by atoms with Gasteiger partial charge in [-0.3, -0.25) is 0 Å². The van der Waals surface area contributed by atoms with E-state index in [4.69, 9.17) is 4.74 Å². The number of hydrogen-bond donors (Lipinski definition) is 1. The predicted molar refractivity (Wildman–Crippen MR) is 121 cm³/mol. The Bertz CT molecular complexity index is 860. The summed E-state index contributed by atoms with van der Waals surface area (Å²) in [6.45, 7) is 6.95. The maximum Gasteiger partial charge on any atom is 0.359 e.